The first-order chi connectivity index (χ1) is 8.66. The number of fused-ring (bicyclic) bond motifs is 1. The lowest BCUT2D eigenvalue weighted by molar-refractivity contribution is 0.586. The fourth-order valence-corrected chi connectivity index (χ4v) is 3.91. The maximum atomic E-state index is 6.66. The van der Waals surface area contributed by atoms with E-state index >= 15 is 0 Å². The minimum absolute atomic E-state index is 0.0202. The van der Waals surface area contributed by atoms with Gasteiger partial charge < -0.3 is 0 Å². The number of rotatable bonds is 2. The zero-order chi connectivity index (χ0) is 12.7. The maximum absolute atomic E-state index is 6.66. The normalized spacial score (nSPS) is 18.9. The molecule has 2 aromatic rings. The monoisotopic (exact) mass is 384 g/mol. The van der Waals surface area contributed by atoms with E-state index in [1.54, 1.807) is 0 Å². The Morgan fingerprint density at radius 3 is 2.67 bits per heavy atom. The summed E-state index contributed by atoms with van der Waals surface area (Å²) in [4.78, 5) is 0. The van der Waals surface area contributed by atoms with Gasteiger partial charge in [-0.3, -0.25) is 0 Å². The molecule has 0 aliphatic heterocycles. The van der Waals surface area contributed by atoms with Crippen molar-refractivity contribution in [1.29, 1.82) is 0 Å². The molecule has 2 aromatic carbocycles. The van der Waals surface area contributed by atoms with Gasteiger partial charge >= 0.3 is 0 Å². The summed E-state index contributed by atoms with van der Waals surface area (Å²) in [5, 5.41) is 0.0202. The van der Waals surface area contributed by atoms with Gasteiger partial charge in [-0.1, -0.05) is 56.1 Å². The first-order valence-corrected chi connectivity index (χ1v) is 7.86. The molecule has 0 fully saturated rings. The maximum Gasteiger partial charge on any atom is 0.0668 e. The van der Waals surface area contributed by atoms with E-state index in [1.165, 1.54) is 11.1 Å². The van der Waals surface area contributed by atoms with Crippen LogP contribution in [0.25, 0.3) is 0 Å². The van der Waals surface area contributed by atoms with Gasteiger partial charge in [-0.2, -0.15) is 0 Å². The third-order valence-electron chi connectivity index (χ3n) is 3.50. The molecule has 1 aliphatic rings. The standard InChI is InChI=1S/C15H11Br2Cl/c16-10-5-6-14(17)13(8-10)15(18)12-7-9-3-1-2-4-11(9)12/h1-6,8,12,15H,7H2. The molecular formula is C15H11Br2Cl. The molecule has 2 unspecified atom stereocenters. The summed E-state index contributed by atoms with van der Waals surface area (Å²) in [7, 11) is 0. The van der Waals surface area contributed by atoms with Crippen molar-refractivity contribution in [3.05, 3.63) is 68.1 Å². The van der Waals surface area contributed by atoms with Crippen molar-refractivity contribution in [2.45, 2.75) is 17.7 Å². The van der Waals surface area contributed by atoms with Gasteiger partial charge in [0.05, 0.1) is 5.38 Å². The van der Waals surface area contributed by atoms with Crippen LogP contribution in [0.5, 0.6) is 0 Å². The molecule has 92 valence electrons. The summed E-state index contributed by atoms with van der Waals surface area (Å²) in [6, 6.07) is 14.7. The number of benzene rings is 2. The molecule has 18 heavy (non-hydrogen) atoms. The molecule has 3 rings (SSSR count). The Bertz CT molecular complexity index is 595. The van der Waals surface area contributed by atoms with Crippen LogP contribution in [0, 0.1) is 0 Å². The molecule has 0 radical (unpaired) electrons. The summed E-state index contributed by atoms with van der Waals surface area (Å²) in [6.45, 7) is 0. The second-order valence-electron chi connectivity index (χ2n) is 4.58. The topological polar surface area (TPSA) is 0 Å². The van der Waals surface area contributed by atoms with Crippen molar-refractivity contribution < 1.29 is 0 Å². The molecule has 0 spiro atoms. The molecule has 1 aliphatic carbocycles. The highest BCUT2D eigenvalue weighted by Gasteiger charge is 2.33. The van der Waals surface area contributed by atoms with E-state index < -0.39 is 0 Å². The molecule has 0 aromatic heterocycles. The third-order valence-corrected chi connectivity index (χ3v) is 5.26. The fourth-order valence-electron chi connectivity index (χ4n) is 2.50. The predicted octanol–water partition coefficient (Wildman–Crippen LogP) is 5.83. The van der Waals surface area contributed by atoms with Crippen LogP contribution < -0.4 is 0 Å². The fraction of sp³-hybridized carbons (Fsp3) is 0.200. The van der Waals surface area contributed by atoms with Gasteiger partial charge in [0.1, 0.15) is 0 Å². The largest absolute Gasteiger partial charge is 0.117 e. The molecule has 0 heterocycles. The summed E-state index contributed by atoms with van der Waals surface area (Å²) in [5.74, 6) is 0.425. The van der Waals surface area contributed by atoms with Gasteiger partial charge in [0.2, 0.25) is 0 Å². The van der Waals surface area contributed by atoms with Crippen LogP contribution in [-0.4, -0.2) is 0 Å². The van der Waals surface area contributed by atoms with Gasteiger partial charge in [-0.25, -0.2) is 0 Å². The highest BCUT2D eigenvalue weighted by Crippen LogP contribution is 2.48. The van der Waals surface area contributed by atoms with Crippen molar-refractivity contribution in [2.75, 3.05) is 0 Å². The van der Waals surface area contributed by atoms with Gasteiger partial charge in [0, 0.05) is 14.9 Å². The van der Waals surface area contributed by atoms with E-state index in [0.29, 0.717) is 5.92 Å². The molecular weight excluding hydrogens is 375 g/mol. The Kier molecular flexibility index (Phi) is 3.52. The van der Waals surface area contributed by atoms with Crippen molar-refractivity contribution in [3.63, 3.8) is 0 Å². The van der Waals surface area contributed by atoms with E-state index in [-0.39, 0.29) is 5.38 Å². The van der Waals surface area contributed by atoms with Crippen molar-refractivity contribution >= 4 is 43.5 Å². The quantitative estimate of drug-likeness (QED) is 0.570. The summed E-state index contributed by atoms with van der Waals surface area (Å²) in [5.41, 5.74) is 3.98. The van der Waals surface area contributed by atoms with Crippen molar-refractivity contribution in [3.8, 4) is 0 Å². The van der Waals surface area contributed by atoms with Crippen LogP contribution in [-0.2, 0) is 6.42 Å². The highest BCUT2D eigenvalue weighted by molar-refractivity contribution is 9.11. The Hall–Kier alpha value is -0.310. The molecule has 0 saturated heterocycles. The van der Waals surface area contributed by atoms with E-state index in [0.717, 1.165) is 20.9 Å². The Balaban J connectivity index is 1.93. The lowest BCUT2D eigenvalue weighted by atomic mass is 9.74. The van der Waals surface area contributed by atoms with E-state index in [4.69, 9.17) is 11.6 Å². The molecule has 0 bridgehead atoms. The zero-order valence-corrected chi connectivity index (χ0v) is 13.5. The summed E-state index contributed by atoms with van der Waals surface area (Å²) >= 11 is 13.8. The zero-order valence-electron chi connectivity index (χ0n) is 9.54. The number of halogens is 3. The number of hydrogen-bond acceptors (Lipinski definition) is 0. The minimum atomic E-state index is 0.0202. The predicted molar refractivity (Wildman–Crippen MR) is 83.3 cm³/mol. The van der Waals surface area contributed by atoms with Crippen molar-refractivity contribution in [1.82, 2.24) is 0 Å². The van der Waals surface area contributed by atoms with E-state index in [1.807, 2.05) is 12.1 Å². The highest BCUT2D eigenvalue weighted by atomic mass is 79.9. The van der Waals surface area contributed by atoms with Crippen LogP contribution in [0.4, 0.5) is 0 Å². The van der Waals surface area contributed by atoms with E-state index in [2.05, 4.69) is 62.2 Å². The van der Waals surface area contributed by atoms with Gasteiger partial charge in [-0.15, -0.1) is 11.6 Å². The molecule has 2 atom stereocenters. The first kappa shape index (κ1) is 12.7. The molecule has 0 saturated carbocycles. The minimum Gasteiger partial charge on any atom is -0.117 e. The smallest absolute Gasteiger partial charge is 0.0668 e. The number of alkyl halides is 1. The SMILES string of the molecule is ClC(c1cc(Br)ccc1Br)C1Cc2ccccc21. The van der Waals surface area contributed by atoms with Crippen LogP contribution in [0.15, 0.2) is 51.4 Å². The van der Waals surface area contributed by atoms with Gasteiger partial charge in [0.25, 0.3) is 0 Å². The number of hydrogen-bond donors (Lipinski definition) is 0. The second-order valence-corrected chi connectivity index (χ2v) is 6.82. The molecule has 0 amide bonds. The van der Waals surface area contributed by atoms with Crippen LogP contribution in [0.2, 0.25) is 0 Å². The average Bonchev–Trinajstić information content (AvgIpc) is 2.33. The van der Waals surface area contributed by atoms with Crippen LogP contribution in [0.1, 0.15) is 28.0 Å². The average molecular weight is 387 g/mol. The molecule has 0 N–H and O–H groups in total. The van der Waals surface area contributed by atoms with Crippen LogP contribution >= 0.6 is 43.5 Å². The summed E-state index contributed by atoms with van der Waals surface area (Å²) < 4.78 is 2.15. The Labute approximate surface area is 129 Å². The van der Waals surface area contributed by atoms with Gasteiger partial charge in [0.15, 0.2) is 0 Å². The Morgan fingerprint density at radius 2 is 1.89 bits per heavy atom. The lowest BCUT2D eigenvalue weighted by Gasteiger charge is -2.34. The lowest BCUT2D eigenvalue weighted by Crippen LogP contribution is -2.21. The second kappa shape index (κ2) is 4.99. The molecule has 3 heteroatoms. The molecule has 0 nitrogen and oxygen atoms in total. The third kappa shape index (κ3) is 2.15. The summed E-state index contributed by atoms with van der Waals surface area (Å²) in [6.07, 6.45) is 1.07. The van der Waals surface area contributed by atoms with Crippen molar-refractivity contribution in [2.24, 2.45) is 0 Å². The van der Waals surface area contributed by atoms with E-state index in [9.17, 15) is 0 Å². The van der Waals surface area contributed by atoms with Crippen LogP contribution in [0.3, 0.4) is 0 Å². The van der Waals surface area contributed by atoms with Gasteiger partial charge in [-0.05, 0) is 41.3 Å². The Morgan fingerprint density at radius 1 is 1.11 bits per heavy atom. The first-order valence-electron chi connectivity index (χ1n) is 5.83.